The van der Waals surface area contributed by atoms with Gasteiger partial charge in [0, 0.05) is 17.7 Å². The molecule has 12 heteroatoms. The molecule has 0 aliphatic rings. The molecule has 0 aromatic heterocycles. The van der Waals surface area contributed by atoms with E-state index in [4.69, 9.17) is 25.3 Å². The number of amidine groups is 2. The Balaban J connectivity index is 0.00000578. The predicted molar refractivity (Wildman–Crippen MR) is 133 cm³/mol. The van der Waals surface area contributed by atoms with Gasteiger partial charge in [0.15, 0.2) is 0 Å². The Morgan fingerprint density at radius 1 is 0.765 bits per heavy atom. The van der Waals surface area contributed by atoms with Crippen LogP contribution in [0.15, 0.2) is 75.0 Å². The molecule has 6 nitrogen and oxygen atoms in total. The number of hydrogen-bond acceptors (Lipinski definition) is 6. The van der Waals surface area contributed by atoms with Gasteiger partial charge in [-0.15, -0.1) is 10.2 Å². The fourth-order valence-electron chi connectivity index (χ4n) is 2.57. The number of nitrogens with zero attached hydrogens (tertiary/aromatic N) is 4. The van der Waals surface area contributed by atoms with Crippen molar-refractivity contribution in [3.8, 4) is 0 Å². The fourth-order valence-corrected chi connectivity index (χ4v) is 2.86. The third-order valence-corrected chi connectivity index (χ3v) is 4.61. The molecule has 0 fully saturated rings. The van der Waals surface area contributed by atoms with Gasteiger partial charge in [-0.25, -0.2) is 0 Å². The number of benzene rings is 2. The zero-order valence-corrected chi connectivity index (χ0v) is 20.9. The molecular weight excluding hydrogens is 533 g/mol. The molecule has 0 spiro atoms. The second-order valence-electron chi connectivity index (χ2n) is 6.62. The number of alkyl halides is 3. The predicted octanol–water partition coefficient (Wildman–Crippen LogP) is 3.92. The van der Waals surface area contributed by atoms with E-state index < -0.39 is 17.9 Å². The monoisotopic (exact) mass is 555 g/mol. The summed E-state index contributed by atoms with van der Waals surface area (Å²) in [6, 6.07) is 16.6. The summed E-state index contributed by atoms with van der Waals surface area (Å²) < 4.78 is 37.4. The van der Waals surface area contributed by atoms with Gasteiger partial charge in [0.05, 0.1) is 0 Å². The largest absolute Gasteiger partial charge is 2.00 e. The number of hydrogen-bond donors (Lipinski definition) is 2. The second kappa shape index (κ2) is 14.7. The maximum atomic E-state index is 12.5. The molecule has 0 bridgehead atoms. The summed E-state index contributed by atoms with van der Waals surface area (Å²) in [5, 5.41) is 21.0. The second-order valence-corrected chi connectivity index (χ2v) is 7.40. The molecule has 0 unspecified atom stereocenters. The zero-order valence-electron chi connectivity index (χ0n) is 18.4. The van der Waals surface area contributed by atoms with Gasteiger partial charge in [-0.05, 0) is 29.2 Å². The number of halogens is 3. The summed E-state index contributed by atoms with van der Waals surface area (Å²) in [5.74, 6) is 0. The molecule has 1 radical (unpaired) electrons. The number of rotatable bonds is 8. The molecule has 0 heterocycles. The average molecular weight is 556 g/mol. The van der Waals surface area contributed by atoms with Gasteiger partial charge >= 0.3 is 23.2 Å². The third kappa shape index (κ3) is 10.2. The maximum Gasteiger partial charge on any atom is 2.00 e. The summed E-state index contributed by atoms with van der Waals surface area (Å²) in [5.41, 5.74) is 3.05. The summed E-state index contributed by atoms with van der Waals surface area (Å²) >= 11 is 10.0. The average Bonchev–Trinajstić information content (AvgIpc) is 2.80. The Hall–Kier alpha value is -2.53. The van der Waals surface area contributed by atoms with Crippen LogP contribution in [0.5, 0.6) is 0 Å². The first-order valence-corrected chi connectivity index (χ1v) is 10.9. The van der Waals surface area contributed by atoms with Crippen LogP contribution in [0.25, 0.3) is 0 Å². The first kappa shape index (κ1) is 29.5. The third-order valence-electron chi connectivity index (χ3n) is 4.16. The van der Waals surface area contributed by atoms with Crippen molar-refractivity contribution in [3.05, 3.63) is 71.3 Å². The molecule has 2 rings (SSSR count). The Morgan fingerprint density at radius 2 is 1.26 bits per heavy atom. The number of nitrogens with one attached hydrogen (secondary N) is 2. The summed E-state index contributed by atoms with van der Waals surface area (Å²) in [4.78, 5) is 0. The SMILES string of the molecule is CCNC([S-])=NN=C(C(=NN=C([S-])NCC(F)(F)F)c1ccccc1)c1ccc(CC)cc1.[Cu+2]. The molecule has 2 aromatic carbocycles. The van der Waals surface area contributed by atoms with Gasteiger partial charge in [-0.3, -0.25) is 0 Å². The first-order chi connectivity index (χ1) is 15.7. The van der Waals surface area contributed by atoms with Crippen LogP contribution >= 0.6 is 0 Å². The minimum Gasteiger partial charge on any atom is -0.741 e. The summed E-state index contributed by atoms with van der Waals surface area (Å²) in [6.45, 7) is 3.18. The van der Waals surface area contributed by atoms with E-state index in [0.717, 1.165) is 12.0 Å². The van der Waals surface area contributed by atoms with E-state index in [1.165, 1.54) is 0 Å². The van der Waals surface area contributed by atoms with E-state index in [0.29, 0.717) is 23.4 Å². The Labute approximate surface area is 218 Å². The van der Waals surface area contributed by atoms with Gasteiger partial charge in [-0.2, -0.15) is 23.4 Å². The molecule has 34 heavy (non-hydrogen) atoms. The van der Waals surface area contributed by atoms with E-state index in [2.05, 4.69) is 25.7 Å². The molecule has 2 aromatic rings. The van der Waals surface area contributed by atoms with E-state index in [-0.39, 0.29) is 27.9 Å². The normalized spacial score (nSPS) is 13.3. The molecule has 0 amide bonds. The molecule has 0 saturated carbocycles. The van der Waals surface area contributed by atoms with E-state index in [9.17, 15) is 13.2 Å². The van der Waals surface area contributed by atoms with Crippen LogP contribution in [0, 0.1) is 0 Å². The van der Waals surface area contributed by atoms with Gasteiger partial charge < -0.3 is 35.9 Å². The van der Waals surface area contributed by atoms with Crippen molar-refractivity contribution in [2.24, 2.45) is 20.4 Å². The molecular formula is C22H23CuF3N6S2. The van der Waals surface area contributed by atoms with Gasteiger partial charge in [0.2, 0.25) is 0 Å². The first-order valence-electron chi connectivity index (χ1n) is 10.1. The van der Waals surface area contributed by atoms with Crippen LogP contribution < -0.4 is 10.6 Å². The van der Waals surface area contributed by atoms with Crippen molar-refractivity contribution in [2.45, 2.75) is 26.4 Å². The van der Waals surface area contributed by atoms with Gasteiger partial charge in [0.25, 0.3) is 0 Å². The van der Waals surface area contributed by atoms with Crippen molar-refractivity contribution in [3.63, 3.8) is 0 Å². The van der Waals surface area contributed by atoms with Crippen LogP contribution in [-0.4, -0.2) is 41.0 Å². The summed E-state index contributed by atoms with van der Waals surface area (Å²) in [6.07, 6.45) is -3.57. The van der Waals surface area contributed by atoms with Crippen LogP contribution in [0.1, 0.15) is 30.5 Å². The number of aryl methyl sites for hydroxylation is 1. The van der Waals surface area contributed by atoms with Crippen molar-refractivity contribution in [2.75, 3.05) is 13.1 Å². The maximum absolute atomic E-state index is 12.5. The molecule has 0 aliphatic heterocycles. The molecule has 0 aliphatic carbocycles. The van der Waals surface area contributed by atoms with Crippen LogP contribution in [0.3, 0.4) is 0 Å². The topological polar surface area (TPSA) is 73.5 Å². The van der Waals surface area contributed by atoms with Crippen molar-refractivity contribution in [1.82, 2.24) is 10.6 Å². The Kier molecular flexibility index (Phi) is 12.7. The van der Waals surface area contributed by atoms with Crippen LogP contribution in [-0.2, 0) is 48.7 Å². The Bertz CT molecular complexity index is 1020. The van der Waals surface area contributed by atoms with E-state index in [1.54, 1.807) is 24.3 Å². The van der Waals surface area contributed by atoms with Crippen molar-refractivity contribution >= 4 is 47.0 Å². The molecule has 0 atom stereocenters. The standard InChI is InChI=1S/C22H25F3N6S2.Cu/c1-3-15-10-12-17(13-11-15)19(29-30-20(32)26-4-2)18(16-8-6-5-7-9-16)28-31-21(33)27-14-22(23,24)25;/h5-13H,3-4,14H2,1-2H3,(H2,26,30,32)(H2,27,31,33);/q;+2/p-2. The van der Waals surface area contributed by atoms with Crippen molar-refractivity contribution in [1.29, 1.82) is 0 Å². The zero-order chi connectivity index (χ0) is 24.3. The molecule has 2 N–H and O–H groups in total. The summed E-state index contributed by atoms with van der Waals surface area (Å²) in [7, 11) is 0. The van der Waals surface area contributed by atoms with Crippen LogP contribution in [0.2, 0.25) is 0 Å². The molecule has 185 valence electrons. The van der Waals surface area contributed by atoms with Gasteiger partial charge in [-0.1, -0.05) is 61.5 Å². The van der Waals surface area contributed by atoms with Gasteiger partial charge in [0.1, 0.15) is 18.0 Å². The minimum atomic E-state index is -4.43. The smallest absolute Gasteiger partial charge is 0.741 e. The van der Waals surface area contributed by atoms with Crippen molar-refractivity contribution < 1.29 is 30.2 Å². The van der Waals surface area contributed by atoms with E-state index >= 15 is 0 Å². The Morgan fingerprint density at radius 3 is 1.74 bits per heavy atom. The fraction of sp³-hybridized carbons (Fsp3) is 0.273. The van der Waals surface area contributed by atoms with Crippen LogP contribution in [0.4, 0.5) is 13.2 Å². The minimum absolute atomic E-state index is 0. The van der Waals surface area contributed by atoms with E-state index in [1.807, 2.05) is 49.5 Å². The molecule has 0 saturated heterocycles. The quantitative estimate of drug-likeness (QED) is 0.170.